The van der Waals surface area contributed by atoms with E-state index in [1.807, 2.05) is 35.7 Å². The maximum atomic E-state index is 12.0. The first kappa shape index (κ1) is 15.5. The molecule has 1 heterocycles. The number of carbonyl (C=O) groups is 1. The van der Waals surface area contributed by atoms with Crippen molar-refractivity contribution >= 4 is 40.4 Å². The van der Waals surface area contributed by atoms with Crippen LogP contribution in [-0.4, -0.2) is 11.0 Å². The van der Waals surface area contributed by atoms with Gasteiger partial charge in [-0.1, -0.05) is 17.8 Å². The maximum Gasteiger partial charge on any atom is 0.265 e. The number of phenols is 1. The van der Waals surface area contributed by atoms with E-state index in [1.54, 1.807) is 24.3 Å². The molecule has 6 heteroatoms. The highest BCUT2D eigenvalue weighted by Crippen LogP contribution is 2.34. The van der Waals surface area contributed by atoms with E-state index in [1.165, 1.54) is 23.1 Å². The molecule has 1 aromatic heterocycles. The largest absolute Gasteiger partial charge is 0.508 e. The number of nitrogens with two attached hydrogens (primary N) is 1. The van der Waals surface area contributed by atoms with Gasteiger partial charge in [-0.2, -0.15) is 0 Å². The van der Waals surface area contributed by atoms with Gasteiger partial charge in [0.15, 0.2) is 0 Å². The average molecular weight is 342 g/mol. The summed E-state index contributed by atoms with van der Waals surface area (Å²) in [5.41, 5.74) is 7.33. The molecule has 1 amide bonds. The van der Waals surface area contributed by atoms with Crippen LogP contribution in [0.25, 0.3) is 0 Å². The summed E-state index contributed by atoms with van der Waals surface area (Å²) >= 11 is 2.89. The van der Waals surface area contributed by atoms with Crippen molar-refractivity contribution in [3.05, 3.63) is 64.9 Å². The number of hydrogen-bond donors (Lipinski definition) is 3. The number of hydrogen-bond acceptors (Lipinski definition) is 5. The number of nitrogens with one attached hydrogen (secondary N) is 1. The fourth-order valence-corrected chi connectivity index (χ4v) is 3.42. The Bertz CT molecular complexity index is 815. The number of carbonyl (C=O) groups excluding carboxylic acids is 1. The van der Waals surface area contributed by atoms with Crippen LogP contribution < -0.4 is 11.1 Å². The van der Waals surface area contributed by atoms with Gasteiger partial charge in [-0.3, -0.25) is 4.79 Å². The molecule has 4 nitrogen and oxygen atoms in total. The van der Waals surface area contributed by atoms with Gasteiger partial charge in [-0.15, -0.1) is 11.3 Å². The van der Waals surface area contributed by atoms with Gasteiger partial charge < -0.3 is 16.2 Å². The van der Waals surface area contributed by atoms with Crippen LogP contribution in [0.1, 0.15) is 9.67 Å². The summed E-state index contributed by atoms with van der Waals surface area (Å²) in [6.45, 7) is 0. The molecule has 0 aliphatic carbocycles. The van der Waals surface area contributed by atoms with Gasteiger partial charge in [0, 0.05) is 21.2 Å². The van der Waals surface area contributed by atoms with E-state index in [0.29, 0.717) is 16.3 Å². The van der Waals surface area contributed by atoms with Gasteiger partial charge in [0.25, 0.3) is 5.91 Å². The molecule has 0 unspecified atom stereocenters. The molecule has 3 aromatic rings. The third-order valence-electron chi connectivity index (χ3n) is 3.08. The second-order valence-corrected chi connectivity index (χ2v) is 6.84. The SMILES string of the molecule is Nc1cc(NC(=O)c2cccs2)ccc1Sc1ccc(O)cc1. The van der Waals surface area contributed by atoms with Crippen LogP contribution in [0.5, 0.6) is 5.75 Å². The molecular formula is C17H14N2O2S2. The summed E-state index contributed by atoms with van der Waals surface area (Å²) in [4.78, 5) is 14.6. The van der Waals surface area contributed by atoms with Crippen LogP contribution in [0.2, 0.25) is 0 Å². The fourth-order valence-electron chi connectivity index (χ4n) is 1.96. The number of phenolic OH excluding ortho intramolecular Hbond substituents is 1. The lowest BCUT2D eigenvalue weighted by Gasteiger charge is -2.09. The lowest BCUT2D eigenvalue weighted by Crippen LogP contribution is -2.10. The van der Waals surface area contributed by atoms with E-state index < -0.39 is 0 Å². The van der Waals surface area contributed by atoms with Crippen LogP contribution in [-0.2, 0) is 0 Å². The third kappa shape index (κ3) is 3.85. The normalized spacial score (nSPS) is 10.4. The minimum Gasteiger partial charge on any atom is -0.508 e. The van der Waals surface area contributed by atoms with E-state index >= 15 is 0 Å². The van der Waals surface area contributed by atoms with E-state index in [9.17, 15) is 9.90 Å². The number of rotatable bonds is 4. The van der Waals surface area contributed by atoms with E-state index in [4.69, 9.17) is 5.73 Å². The van der Waals surface area contributed by atoms with Gasteiger partial charge in [0.1, 0.15) is 5.75 Å². The summed E-state index contributed by atoms with van der Waals surface area (Å²) < 4.78 is 0. The molecule has 4 N–H and O–H groups in total. The molecule has 2 aromatic carbocycles. The van der Waals surface area contributed by atoms with E-state index in [2.05, 4.69) is 5.32 Å². The lowest BCUT2D eigenvalue weighted by molar-refractivity contribution is 0.103. The molecule has 0 atom stereocenters. The zero-order chi connectivity index (χ0) is 16.2. The second kappa shape index (κ2) is 6.76. The highest BCUT2D eigenvalue weighted by Gasteiger charge is 2.09. The Morgan fingerprint density at radius 2 is 1.91 bits per heavy atom. The minimum atomic E-state index is -0.140. The van der Waals surface area contributed by atoms with Gasteiger partial charge in [-0.05, 0) is 53.9 Å². The molecule has 0 radical (unpaired) electrons. The topological polar surface area (TPSA) is 75.3 Å². The molecule has 0 bridgehead atoms. The van der Waals surface area contributed by atoms with E-state index in [-0.39, 0.29) is 11.7 Å². The summed E-state index contributed by atoms with van der Waals surface area (Å²) in [6.07, 6.45) is 0. The Kier molecular flexibility index (Phi) is 4.55. The summed E-state index contributed by atoms with van der Waals surface area (Å²) in [5.74, 6) is 0.0901. The molecule has 0 saturated heterocycles. The first-order valence-corrected chi connectivity index (χ1v) is 8.53. The number of anilines is 2. The molecule has 0 saturated carbocycles. The predicted molar refractivity (Wildman–Crippen MR) is 95.4 cm³/mol. The summed E-state index contributed by atoms with van der Waals surface area (Å²) in [6, 6.07) is 16.0. The monoisotopic (exact) mass is 342 g/mol. The van der Waals surface area contributed by atoms with Crippen molar-refractivity contribution in [2.24, 2.45) is 0 Å². The van der Waals surface area contributed by atoms with Crippen molar-refractivity contribution in [3.8, 4) is 5.75 Å². The quantitative estimate of drug-likeness (QED) is 0.613. The van der Waals surface area contributed by atoms with Crippen molar-refractivity contribution < 1.29 is 9.90 Å². The zero-order valence-electron chi connectivity index (χ0n) is 12.0. The Hall–Kier alpha value is -2.44. The molecule has 116 valence electrons. The summed E-state index contributed by atoms with van der Waals surface area (Å²) in [7, 11) is 0. The number of benzene rings is 2. The predicted octanol–water partition coefficient (Wildman–Crippen LogP) is 4.44. The maximum absolute atomic E-state index is 12.0. The number of nitrogen functional groups attached to an aromatic ring is 1. The Morgan fingerprint density at radius 3 is 2.57 bits per heavy atom. The van der Waals surface area contributed by atoms with Crippen LogP contribution in [0.4, 0.5) is 11.4 Å². The molecular weight excluding hydrogens is 328 g/mol. The molecule has 23 heavy (non-hydrogen) atoms. The standard InChI is InChI=1S/C17H14N2O2S2/c18-14-10-11(19-17(21)16-2-1-9-22-16)3-8-15(14)23-13-6-4-12(20)5-7-13/h1-10,20H,18H2,(H,19,21). The highest BCUT2D eigenvalue weighted by atomic mass is 32.2. The van der Waals surface area contributed by atoms with Crippen molar-refractivity contribution in [1.29, 1.82) is 0 Å². The van der Waals surface area contributed by atoms with Gasteiger partial charge in [0.2, 0.25) is 0 Å². The Balaban J connectivity index is 1.73. The first-order chi connectivity index (χ1) is 11.1. The van der Waals surface area contributed by atoms with E-state index in [0.717, 1.165) is 9.79 Å². The fraction of sp³-hybridized carbons (Fsp3) is 0. The van der Waals surface area contributed by atoms with Gasteiger partial charge in [0.05, 0.1) is 4.88 Å². The minimum absolute atomic E-state index is 0.140. The van der Waals surface area contributed by atoms with Crippen molar-refractivity contribution in [2.75, 3.05) is 11.1 Å². The molecule has 0 fully saturated rings. The first-order valence-electron chi connectivity index (χ1n) is 6.83. The molecule has 0 spiro atoms. The number of aromatic hydroxyl groups is 1. The van der Waals surface area contributed by atoms with Gasteiger partial charge in [-0.25, -0.2) is 0 Å². The van der Waals surface area contributed by atoms with Crippen LogP contribution in [0.3, 0.4) is 0 Å². The van der Waals surface area contributed by atoms with Crippen molar-refractivity contribution in [1.82, 2.24) is 0 Å². The average Bonchev–Trinajstić information content (AvgIpc) is 3.06. The smallest absolute Gasteiger partial charge is 0.265 e. The van der Waals surface area contributed by atoms with Gasteiger partial charge >= 0.3 is 0 Å². The Morgan fingerprint density at radius 1 is 1.13 bits per heavy atom. The van der Waals surface area contributed by atoms with Crippen molar-refractivity contribution in [3.63, 3.8) is 0 Å². The zero-order valence-corrected chi connectivity index (χ0v) is 13.7. The molecule has 3 rings (SSSR count). The number of thiophene rings is 1. The lowest BCUT2D eigenvalue weighted by atomic mass is 10.2. The summed E-state index contributed by atoms with van der Waals surface area (Å²) in [5, 5.41) is 14.0. The molecule has 0 aliphatic heterocycles. The van der Waals surface area contributed by atoms with Crippen LogP contribution >= 0.6 is 23.1 Å². The van der Waals surface area contributed by atoms with Crippen molar-refractivity contribution in [2.45, 2.75) is 9.79 Å². The Labute approximate surface area is 142 Å². The van der Waals surface area contributed by atoms with Crippen LogP contribution in [0.15, 0.2) is 69.8 Å². The second-order valence-electron chi connectivity index (χ2n) is 4.78. The molecule has 0 aliphatic rings. The highest BCUT2D eigenvalue weighted by molar-refractivity contribution is 7.99. The van der Waals surface area contributed by atoms with Crippen LogP contribution in [0, 0.1) is 0 Å². The third-order valence-corrected chi connectivity index (χ3v) is 5.05. The number of amides is 1.